The Balaban J connectivity index is 1.46. The Kier molecular flexibility index (Phi) is 6.01. The molecule has 0 radical (unpaired) electrons. The first-order chi connectivity index (χ1) is 16.8. The van der Waals surface area contributed by atoms with Crippen LogP contribution in [0.2, 0.25) is 0 Å². The number of ether oxygens (including phenoxy) is 2. The number of amides is 1. The number of rotatable bonds is 6. The molecule has 2 aliphatic rings. The van der Waals surface area contributed by atoms with Gasteiger partial charge in [-0.05, 0) is 42.7 Å². The number of hydrogen-bond donors (Lipinski definition) is 1. The highest BCUT2D eigenvalue weighted by molar-refractivity contribution is 7.87. The maximum atomic E-state index is 14.7. The van der Waals surface area contributed by atoms with Gasteiger partial charge >= 0.3 is 10.2 Å². The molecule has 3 aromatic rings. The van der Waals surface area contributed by atoms with E-state index in [0.29, 0.717) is 24.5 Å². The maximum absolute atomic E-state index is 14.7. The molecule has 1 saturated heterocycles. The summed E-state index contributed by atoms with van der Waals surface area (Å²) >= 11 is 0. The van der Waals surface area contributed by atoms with Crippen molar-refractivity contribution in [2.45, 2.75) is 25.8 Å². The van der Waals surface area contributed by atoms with Gasteiger partial charge in [0.2, 0.25) is 0 Å². The zero-order valence-corrected chi connectivity index (χ0v) is 20.2. The van der Waals surface area contributed by atoms with Crippen molar-refractivity contribution < 1.29 is 27.1 Å². The average Bonchev–Trinajstić information content (AvgIpc) is 3.50. The number of nitrogens with zero attached hydrogens (tertiary/aromatic N) is 4. The number of halogens is 1. The summed E-state index contributed by atoms with van der Waals surface area (Å²) < 4.78 is 55.0. The first-order valence-electron chi connectivity index (χ1n) is 11.4. The molecule has 186 valence electrons. The summed E-state index contributed by atoms with van der Waals surface area (Å²) in [6.07, 6.45) is 4.78. The van der Waals surface area contributed by atoms with Crippen LogP contribution in [0.25, 0.3) is 5.52 Å². The number of anilines is 1. The molecule has 5 rings (SSSR count). The van der Waals surface area contributed by atoms with Gasteiger partial charge < -0.3 is 14.4 Å². The molecule has 1 N–H and O–H groups in total. The number of carbonyl (C=O) groups is 1. The van der Waals surface area contributed by atoms with E-state index >= 15 is 0 Å². The molecule has 12 heteroatoms. The van der Waals surface area contributed by atoms with Crippen molar-refractivity contribution in [3.63, 3.8) is 0 Å². The second kappa shape index (κ2) is 9.00. The van der Waals surface area contributed by atoms with E-state index in [4.69, 9.17) is 9.47 Å². The van der Waals surface area contributed by atoms with E-state index in [2.05, 4.69) is 14.7 Å². The number of hydrogen-bond acceptors (Lipinski definition) is 7. The third-order valence-corrected chi connectivity index (χ3v) is 7.94. The van der Waals surface area contributed by atoms with Gasteiger partial charge in [0.05, 0.1) is 23.3 Å². The molecule has 1 fully saturated rings. The van der Waals surface area contributed by atoms with Gasteiger partial charge in [0.25, 0.3) is 5.91 Å². The van der Waals surface area contributed by atoms with Crippen LogP contribution < -0.4 is 19.1 Å². The number of aromatic nitrogens is 2. The Labute approximate surface area is 202 Å². The maximum Gasteiger partial charge on any atom is 0.303 e. The van der Waals surface area contributed by atoms with Crippen LogP contribution in [0, 0.1) is 5.82 Å². The van der Waals surface area contributed by atoms with Gasteiger partial charge in [0.1, 0.15) is 13.2 Å². The summed E-state index contributed by atoms with van der Waals surface area (Å²) in [5, 5.41) is 4.19. The minimum Gasteiger partial charge on any atom is -0.486 e. The van der Waals surface area contributed by atoms with Gasteiger partial charge in [-0.15, -0.1) is 0 Å². The predicted octanol–water partition coefficient (Wildman–Crippen LogP) is 2.51. The lowest BCUT2D eigenvalue weighted by molar-refractivity contribution is 0.0981. The standard InChI is InChI=1S/C23H26FN5O5S/c1-3-27(2)35(31,32)26-23(30)17-14-25-29-8-6-16(13-20(17)29)28-7-4-5-19(28)15-11-18(24)22-21(12-15)33-9-10-34-22/h6,8,11-14,19H,3-5,7,9-10H2,1-2H3,(H,26,30)/t19-/m1/s1. The van der Waals surface area contributed by atoms with E-state index in [9.17, 15) is 17.6 Å². The van der Waals surface area contributed by atoms with E-state index in [0.717, 1.165) is 34.9 Å². The molecule has 2 aromatic heterocycles. The smallest absolute Gasteiger partial charge is 0.303 e. The number of pyridine rings is 1. The molecular formula is C23H26FN5O5S. The average molecular weight is 504 g/mol. The van der Waals surface area contributed by atoms with Crippen LogP contribution in [0.5, 0.6) is 11.5 Å². The second-order valence-corrected chi connectivity index (χ2v) is 10.3. The van der Waals surface area contributed by atoms with Crippen molar-refractivity contribution in [3.8, 4) is 11.5 Å². The summed E-state index contributed by atoms with van der Waals surface area (Å²) in [6, 6.07) is 6.88. The first-order valence-corrected chi connectivity index (χ1v) is 12.8. The summed E-state index contributed by atoms with van der Waals surface area (Å²) in [4.78, 5) is 14.9. The number of carbonyl (C=O) groups excluding carboxylic acids is 1. The molecule has 4 heterocycles. The van der Waals surface area contributed by atoms with Gasteiger partial charge in [0, 0.05) is 32.0 Å². The highest BCUT2D eigenvalue weighted by atomic mass is 32.2. The molecule has 0 bridgehead atoms. The van der Waals surface area contributed by atoms with E-state index < -0.39 is 21.9 Å². The Bertz CT molecular complexity index is 1390. The fraction of sp³-hybridized carbons (Fsp3) is 0.391. The van der Waals surface area contributed by atoms with E-state index in [-0.39, 0.29) is 23.9 Å². The molecule has 1 amide bonds. The zero-order chi connectivity index (χ0) is 24.7. The van der Waals surface area contributed by atoms with Crippen LogP contribution in [0.15, 0.2) is 36.7 Å². The molecule has 0 saturated carbocycles. The molecule has 0 unspecified atom stereocenters. The Hall–Kier alpha value is -3.38. The SMILES string of the molecule is CCN(C)S(=O)(=O)NC(=O)c1cnn2ccc(N3CCC[C@@H]3c3cc(F)c4c(c3)OCCO4)cc12. The molecular weight excluding hydrogens is 477 g/mol. The van der Waals surface area contributed by atoms with E-state index in [1.165, 1.54) is 23.8 Å². The number of benzene rings is 1. The van der Waals surface area contributed by atoms with Crippen molar-refractivity contribution in [1.82, 2.24) is 18.6 Å². The number of nitrogens with one attached hydrogen (secondary N) is 1. The van der Waals surface area contributed by atoms with Crippen LogP contribution in [-0.2, 0) is 10.2 Å². The molecule has 10 nitrogen and oxygen atoms in total. The summed E-state index contributed by atoms with van der Waals surface area (Å²) in [6.45, 7) is 3.32. The summed E-state index contributed by atoms with van der Waals surface area (Å²) in [5.74, 6) is -0.664. The van der Waals surface area contributed by atoms with Crippen molar-refractivity contribution >= 4 is 27.3 Å². The molecule has 1 aromatic carbocycles. The van der Waals surface area contributed by atoms with Crippen LogP contribution in [0.3, 0.4) is 0 Å². The van der Waals surface area contributed by atoms with Gasteiger partial charge in [-0.25, -0.2) is 13.6 Å². The summed E-state index contributed by atoms with van der Waals surface area (Å²) in [7, 11) is -2.57. The van der Waals surface area contributed by atoms with Gasteiger partial charge in [-0.3, -0.25) is 4.79 Å². The van der Waals surface area contributed by atoms with Crippen molar-refractivity contribution in [3.05, 3.63) is 53.6 Å². The van der Waals surface area contributed by atoms with E-state index in [1.807, 2.05) is 12.1 Å². The molecule has 0 aliphatic carbocycles. The summed E-state index contributed by atoms with van der Waals surface area (Å²) in [5.41, 5.74) is 2.21. The number of fused-ring (bicyclic) bond motifs is 2. The largest absolute Gasteiger partial charge is 0.486 e. The second-order valence-electron chi connectivity index (χ2n) is 8.50. The van der Waals surface area contributed by atoms with Crippen LogP contribution in [0.4, 0.5) is 10.1 Å². The third kappa shape index (κ3) is 4.27. The minimum atomic E-state index is -3.96. The Morgan fingerprint density at radius 2 is 2.09 bits per heavy atom. The third-order valence-electron chi connectivity index (χ3n) is 6.42. The Morgan fingerprint density at radius 1 is 1.29 bits per heavy atom. The highest BCUT2D eigenvalue weighted by Crippen LogP contribution is 2.41. The van der Waals surface area contributed by atoms with Crippen molar-refractivity contribution in [1.29, 1.82) is 0 Å². The van der Waals surface area contributed by atoms with Gasteiger partial charge in [0.15, 0.2) is 17.3 Å². The molecule has 1 atom stereocenters. The lowest BCUT2D eigenvalue weighted by Crippen LogP contribution is -2.41. The fourth-order valence-corrected chi connectivity index (χ4v) is 5.33. The molecule has 0 spiro atoms. The van der Waals surface area contributed by atoms with Crippen molar-refractivity contribution in [2.75, 3.05) is 38.3 Å². The minimum absolute atomic E-state index is 0.0958. The normalized spacial score (nSPS) is 17.8. The van der Waals surface area contributed by atoms with Gasteiger partial charge in [-0.2, -0.15) is 17.8 Å². The van der Waals surface area contributed by atoms with Gasteiger partial charge in [-0.1, -0.05) is 6.92 Å². The van der Waals surface area contributed by atoms with E-state index in [1.54, 1.807) is 19.2 Å². The monoisotopic (exact) mass is 503 g/mol. The molecule has 35 heavy (non-hydrogen) atoms. The van der Waals surface area contributed by atoms with Crippen LogP contribution >= 0.6 is 0 Å². The fourth-order valence-electron chi connectivity index (χ4n) is 4.49. The highest BCUT2D eigenvalue weighted by Gasteiger charge is 2.30. The van der Waals surface area contributed by atoms with Crippen LogP contribution in [-0.4, -0.2) is 61.6 Å². The zero-order valence-electron chi connectivity index (χ0n) is 19.4. The lowest BCUT2D eigenvalue weighted by Gasteiger charge is -2.28. The quantitative estimate of drug-likeness (QED) is 0.551. The Morgan fingerprint density at radius 3 is 2.89 bits per heavy atom. The lowest BCUT2D eigenvalue weighted by atomic mass is 10.0. The predicted molar refractivity (Wildman–Crippen MR) is 127 cm³/mol. The first kappa shape index (κ1) is 23.4. The topological polar surface area (TPSA) is 105 Å². The van der Waals surface area contributed by atoms with Crippen LogP contribution in [0.1, 0.15) is 41.7 Å². The molecule has 2 aliphatic heterocycles. The van der Waals surface area contributed by atoms with Crippen molar-refractivity contribution in [2.24, 2.45) is 0 Å².